The van der Waals surface area contributed by atoms with Gasteiger partial charge < -0.3 is 14.5 Å². The zero-order valence-corrected chi connectivity index (χ0v) is 11.6. The summed E-state index contributed by atoms with van der Waals surface area (Å²) in [5.41, 5.74) is 0. The van der Waals surface area contributed by atoms with Gasteiger partial charge in [0.15, 0.2) is 0 Å². The zero-order chi connectivity index (χ0) is 13.0. The molecule has 4 heteroatoms. The molecule has 0 aromatic carbocycles. The van der Waals surface area contributed by atoms with Gasteiger partial charge in [-0.3, -0.25) is 4.90 Å². The third-order valence-electron chi connectivity index (χ3n) is 3.40. The summed E-state index contributed by atoms with van der Waals surface area (Å²) in [6.07, 6.45) is 2.64. The molecular formula is C14H24N2O2. The average Bonchev–Trinajstić information content (AvgIpc) is 3.08. The first-order chi connectivity index (χ1) is 8.69. The van der Waals surface area contributed by atoms with E-state index in [9.17, 15) is 0 Å². The summed E-state index contributed by atoms with van der Waals surface area (Å²) < 4.78 is 10.9. The lowest BCUT2D eigenvalue weighted by molar-refractivity contribution is 0.0969. The normalized spacial score (nSPS) is 17.3. The topological polar surface area (TPSA) is 37.6 Å². The molecule has 1 fully saturated rings. The Bertz CT molecular complexity index is 360. The third kappa shape index (κ3) is 4.12. The minimum absolute atomic E-state index is 0.390. The van der Waals surface area contributed by atoms with Crippen molar-refractivity contribution >= 4 is 0 Å². The van der Waals surface area contributed by atoms with Gasteiger partial charge in [-0.1, -0.05) is 0 Å². The highest BCUT2D eigenvalue weighted by atomic mass is 16.5. The van der Waals surface area contributed by atoms with Crippen molar-refractivity contribution in [3.8, 4) is 0 Å². The fourth-order valence-electron chi connectivity index (χ4n) is 2.07. The van der Waals surface area contributed by atoms with Crippen molar-refractivity contribution in [2.45, 2.75) is 38.4 Å². The molecule has 0 spiro atoms. The van der Waals surface area contributed by atoms with E-state index < -0.39 is 0 Å². The van der Waals surface area contributed by atoms with Crippen LogP contribution in [0.15, 0.2) is 16.5 Å². The largest absolute Gasteiger partial charge is 0.465 e. The fraction of sp³-hybridized carbons (Fsp3) is 0.714. The molecule has 1 unspecified atom stereocenters. The van der Waals surface area contributed by atoms with Gasteiger partial charge in [0.05, 0.1) is 13.2 Å². The fourth-order valence-corrected chi connectivity index (χ4v) is 2.07. The summed E-state index contributed by atoms with van der Waals surface area (Å²) in [6.45, 7) is 4.53. The Morgan fingerprint density at radius 3 is 2.83 bits per heavy atom. The smallest absolute Gasteiger partial charge is 0.118 e. The van der Waals surface area contributed by atoms with Gasteiger partial charge in [0, 0.05) is 25.7 Å². The molecule has 0 radical (unpaired) electrons. The van der Waals surface area contributed by atoms with E-state index in [4.69, 9.17) is 9.15 Å². The van der Waals surface area contributed by atoms with Gasteiger partial charge in [-0.25, -0.2) is 0 Å². The minimum Gasteiger partial charge on any atom is -0.465 e. The second kappa shape index (κ2) is 6.36. The van der Waals surface area contributed by atoms with E-state index in [2.05, 4.69) is 17.3 Å². The molecule has 0 aliphatic heterocycles. The van der Waals surface area contributed by atoms with Gasteiger partial charge in [0.25, 0.3) is 0 Å². The number of hydrogen-bond acceptors (Lipinski definition) is 4. The maximum atomic E-state index is 5.62. The number of nitrogens with zero attached hydrogens (tertiary/aromatic N) is 1. The molecule has 1 saturated carbocycles. The first-order valence-electron chi connectivity index (χ1n) is 6.67. The van der Waals surface area contributed by atoms with Crippen molar-refractivity contribution in [2.24, 2.45) is 0 Å². The number of rotatable bonds is 8. The van der Waals surface area contributed by atoms with E-state index in [1.165, 1.54) is 12.8 Å². The van der Waals surface area contributed by atoms with E-state index in [1.54, 1.807) is 7.11 Å². The Balaban J connectivity index is 1.83. The number of hydrogen-bond donors (Lipinski definition) is 1. The molecule has 1 N–H and O–H groups in total. The second-order valence-electron chi connectivity index (χ2n) is 5.22. The monoisotopic (exact) mass is 252 g/mol. The molecule has 0 bridgehead atoms. The van der Waals surface area contributed by atoms with Crippen molar-refractivity contribution in [2.75, 3.05) is 27.3 Å². The highest BCUT2D eigenvalue weighted by molar-refractivity contribution is 5.05. The number of methoxy groups -OCH3 is 1. The minimum atomic E-state index is 0.390. The van der Waals surface area contributed by atoms with Gasteiger partial charge in [0.2, 0.25) is 0 Å². The molecule has 1 atom stereocenters. The highest BCUT2D eigenvalue weighted by Gasteiger charge is 2.23. The van der Waals surface area contributed by atoms with Gasteiger partial charge >= 0.3 is 0 Å². The molecule has 1 aromatic rings. The van der Waals surface area contributed by atoms with Gasteiger partial charge in [0.1, 0.15) is 11.5 Å². The van der Waals surface area contributed by atoms with E-state index >= 15 is 0 Å². The Morgan fingerprint density at radius 2 is 2.28 bits per heavy atom. The van der Waals surface area contributed by atoms with Crippen LogP contribution in [0.1, 0.15) is 24.4 Å². The van der Waals surface area contributed by atoms with Crippen LogP contribution < -0.4 is 5.32 Å². The highest BCUT2D eigenvalue weighted by Crippen LogP contribution is 2.19. The number of ether oxygens (including phenoxy) is 1. The predicted octanol–water partition coefficient (Wildman–Crippen LogP) is 1.79. The molecule has 4 nitrogen and oxygen atoms in total. The lowest BCUT2D eigenvalue weighted by Crippen LogP contribution is -2.43. The lowest BCUT2D eigenvalue weighted by atomic mass is 10.2. The number of aryl methyl sites for hydroxylation is 1. The summed E-state index contributed by atoms with van der Waals surface area (Å²) >= 11 is 0. The first kappa shape index (κ1) is 13.6. The van der Waals surface area contributed by atoms with Crippen LogP contribution in [-0.2, 0) is 11.3 Å². The standard InChI is InChI=1S/C14H24N2O2/c1-11-4-7-14(18-11)9-16(2)13(10-17-3)8-15-12-5-6-12/h4,7,12-13,15H,5-6,8-10H2,1-3H3. The van der Waals surface area contributed by atoms with Crippen molar-refractivity contribution in [3.63, 3.8) is 0 Å². The Morgan fingerprint density at radius 1 is 1.50 bits per heavy atom. The quantitative estimate of drug-likeness (QED) is 0.765. The summed E-state index contributed by atoms with van der Waals surface area (Å²) in [7, 11) is 3.88. The Labute approximate surface area is 109 Å². The van der Waals surface area contributed by atoms with Crippen LogP contribution in [0.4, 0.5) is 0 Å². The summed E-state index contributed by atoms with van der Waals surface area (Å²) in [6, 6.07) is 5.19. The molecular weight excluding hydrogens is 228 g/mol. The molecule has 1 aliphatic carbocycles. The maximum absolute atomic E-state index is 5.62. The molecule has 0 amide bonds. The van der Waals surface area contributed by atoms with Crippen molar-refractivity contribution < 1.29 is 9.15 Å². The molecule has 18 heavy (non-hydrogen) atoms. The molecule has 0 saturated heterocycles. The Hall–Kier alpha value is -0.840. The molecule has 1 aliphatic rings. The van der Waals surface area contributed by atoms with Crippen LogP contribution in [0.25, 0.3) is 0 Å². The van der Waals surface area contributed by atoms with Gasteiger partial charge in [-0.05, 0) is 38.9 Å². The van der Waals surface area contributed by atoms with E-state index in [0.29, 0.717) is 6.04 Å². The summed E-state index contributed by atoms with van der Waals surface area (Å²) in [5.74, 6) is 1.99. The van der Waals surface area contributed by atoms with Crippen LogP contribution in [0.2, 0.25) is 0 Å². The molecule has 102 valence electrons. The van der Waals surface area contributed by atoms with E-state index in [1.807, 2.05) is 19.1 Å². The first-order valence-corrected chi connectivity index (χ1v) is 6.67. The van der Waals surface area contributed by atoms with Crippen molar-refractivity contribution in [3.05, 3.63) is 23.7 Å². The van der Waals surface area contributed by atoms with Crippen LogP contribution in [0.5, 0.6) is 0 Å². The summed E-state index contributed by atoms with van der Waals surface area (Å²) in [5, 5.41) is 3.56. The summed E-state index contributed by atoms with van der Waals surface area (Å²) in [4.78, 5) is 2.29. The van der Waals surface area contributed by atoms with Gasteiger partial charge in [-0.15, -0.1) is 0 Å². The third-order valence-corrected chi connectivity index (χ3v) is 3.40. The van der Waals surface area contributed by atoms with Crippen LogP contribution in [0, 0.1) is 6.92 Å². The molecule has 1 heterocycles. The van der Waals surface area contributed by atoms with E-state index in [0.717, 1.165) is 37.3 Å². The predicted molar refractivity (Wildman–Crippen MR) is 71.6 cm³/mol. The SMILES string of the molecule is COCC(CNC1CC1)N(C)Cc1ccc(C)o1. The van der Waals surface area contributed by atoms with Crippen molar-refractivity contribution in [1.29, 1.82) is 0 Å². The van der Waals surface area contributed by atoms with Crippen LogP contribution in [0.3, 0.4) is 0 Å². The van der Waals surface area contributed by atoms with Crippen LogP contribution in [-0.4, -0.2) is 44.3 Å². The second-order valence-corrected chi connectivity index (χ2v) is 5.22. The molecule has 2 rings (SSSR count). The number of furan rings is 1. The Kier molecular flexibility index (Phi) is 4.80. The number of likely N-dealkylation sites (N-methyl/N-ethyl adjacent to an activating group) is 1. The average molecular weight is 252 g/mol. The van der Waals surface area contributed by atoms with Crippen LogP contribution >= 0.6 is 0 Å². The maximum Gasteiger partial charge on any atom is 0.118 e. The lowest BCUT2D eigenvalue weighted by Gasteiger charge is -2.27. The zero-order valence-electron chi connectivity index (χ0n) is 11.6. The molecule has 1 aromatic heterocycles. The van der Waals surface area contributed by atoms with E-state index in [-0.39, 0.29) is 0 Å². The van der Waals surface area contributed by atoms with Crippen molar-refractivity contribution in [1.82, 2.24) is 10.2 Å². The van der Waals surface area contributed by atoms with Gasteiger partial charge in [-0.2, -0.15) is 0 Å². The number of nitrogens with one attached hydrogen (secondary N) is 1.